The van der Waals surface area contributed by atoms with Gasteiger partial charge in [0.1, 0.15) is 5.82 Å². The van der Waals surface area contributed by atoms with E-state index in [0.29, 0.717) is 17.5 Å². The van der Waals surface area contributed by atoms with Gasteiger partial charge < -0.3 is 15.5 Å². The van der Waals surface area contributed by atoms with Crippen LogP contribution in [0.5, 0.6) is 0 Å². The Hall–Kier alpha value is -1.62. The summed E-state index contributed by atoms with van der Waals surface area (Å²) in [5, 5.41) is 21.2. The molecule has 0 spiro atoms. The van der Waals surface area contributed by atoms with Crippen LogP contribution < -0.4 is 5.32 Å². The third-order valence-corrected chi connectivity index (χ3v) is 2.92. The van der Waals surface area contributed by atoms with Crippen molar-refractivity contribution in [2.45, 2.75) is 38.8 Å². The first-order chi connectivity index (χ1) is 8.47. The lowest BCUT2D eigenvalue weighted by Crippen LogP contribution is -2.38. The number of carboxylic acid groups (broad SMARTS) is 1. The molecule has 1 amide bonds. The van der Waals surface area contributed by atoms with Crippen molar-refractivity contribution in [2.24, 2.45) is 0 Å². The molecular weight excluding hydrogens is 237 g/mol. The van der Waals surface area contributed by atoms with Crippen molar-refractivity contribution in [3.8, 4) is 0 Å². The minimum Gasteiger partial charge on any atom is -0.465 e. The lowest BCUT2D eigenvalue weighted by molar-refractivity contribution is 0.115. The molecule has 0 aromatic heterocycles. The fourth-order valence-corrected chi connectivity index (χ4v) is 1.94. The van der Waals surface area contributed by atoms with E-state index in [2.05, 4.69) is 5.32 Å². The van der Waals surface area contributed by atoms with Crippen LogP contribution in [0.25, 0.3) is 0 Å². The average molecular weight is 255 g/mol. The van der Waals surface area contributed by atoms with Gasteiger partial charge >= 0.3 is 6.09 Å². The van der Waals surface area contributed by atoms with Crippen LogP contribution in [0.3, 0.4) is 0 Å². The highest BCUT2D eigenvalue weighted by Gasteiger charge is 2.23. The maximum atomic E-state index is 13.4. The van der Waals surface area contributed by atoms with Gasteiger partial charge in [-0.2, -0.15) is 0 Å². The molecule has 2 atom stereocenters. The number of nitrogens with one attached hydrogen (secondary N) is 1. The summed E-state index contributed by atoms with van der Waals surface area (Å²) >= 11 is 0. The van der Waals surface area contributed by atoms with E-state index >= 15 is 0 Å². The highest BCUT2D eigenvalue weighted by atomic mass is 19.1. The third kappa shape index (κ3) is 3.43. The lowest BCUT2D eigenvalue weighted by atomic mass is 9.95. The molecule has 5 heteroatoms. The summed E-state index contributed by atoms with van der Waals surface area (Å²) in [5.74, 6) is -0.405. The Labute approximate surface area is 105 Å². The van der Waals surface area contributed by atoms with Crippen molar-refractivity contribution in [1.29, 1.82) is 0 Å². The number of hydrogen-bond donors (Lipinski definition) is 3. The zero-order chi connectivity index (χ0) is 13.7. The van der Waals surface area contributed by atoms with E-state index in [4.69, 9.17) is 5.11 Å². The summed E-state index contributed by atoms with van der Waals surface area (Å²) in [6, 6.07) is 3.79. The van der Waals surface area contributed by atoms with Crippen LogP contribution in [0.2, 0.25) is 0 Å². The molecule has 3 N–H and O–H groups in total. The molecule has 1 aromatic carbocycles. The molecule has 0 saturated carbocycles. The Morgan fingerprint density at radius 2 is 2.17 bits per heavy atom. The monoisotopic (exact) mass is 255 g/mol. The molecule has 18 heavy (non-hydrogen) atoms. The van der Waals surface area contributed by atoms with E-state index in [-0.39, 0.29) is 0 Å². The molecule has 0 aliphatic rings. The van der Waals surface area contributed by atoms with Crippen LogP contribution in [-0.4, -0.2) is 22.3 Å². The Morgan fingerprint density at radius 3 is 2.72 bits per heavy atom. The first-order valence-corrected chi connectivity index (χ1v) is 5.89. The molecule has 4 nitrogen and oxygen atoms in total. The summed E-state index contributed by atoms with van der Waals surface area (Å²) < 4.78 is 13.4. The van der Waals surface area contributed by atoms with Crippen LogP contribution in [0.15, 0.2) is 18.2 Å². The molecule has 1 rings (SSSR count). The molecule has 0 heterocycles. The van der Waals surface area contributed by atoms with Crippen molar-refractivity contribution >= 4 is 6.09 Å². The number of carbonyl (C=O) groups is 1. The zero-order valence-electron chi connectivity index (χ0n) is 10.5. The second-order valence-electron chi connectivity index (χ2n) is 4.24. The molecule has 0 radical (unpaired) electrons. The van der Waals surface area contributed by atoms with Gasteiger partial charge in [0.05, 0.1) is 12.1 Å². The Bertz CT molecular complexity index is 423. The molecule has 0 unspecified atom stereocenters. The van der Waals surface area contributed by atoms with Gasteiger partial charge in [0.25, 0.3) is 0 Å². The maximum Gasteiger partial charge on any atom is 0.404 e. The minimum absolute atomic E-state index is 0.346. The Balaban J connectivity index is 2.97. The van der Waals surface area contributed by atoms with Crippen molar-refractivity contribution in [2.75, 3.05) is 0 Å². The molecule has 0 bridgehead atoms. The average Bonchev–Trinajstić information content (AvgIpc) is 2.31. The van der Waals surface area contributed by atoms with Crippen LogP contribution in [0.1, 0.15) is 37.0 Å². The van der Waals surface area contributed by atoms with Gasteiger partial charge in [0.15, 0.2) is 0 Å². The van der Waals surface area contributed by atoms with E-state index in [1.165, 1.54) is 12.1 Å². The first-order valence-electron chi connectivity index (χ1n) is 5.89. The van der Waals surface area contributed by atoms with Gasteiger partial charge in [-0.3, -0.25) is 0 Å². The molecule has 0 aliphatic carbocycles. The van der Waals surface area contributed by atoms with Crippen molar-refractivity contribution in [1.82, 2.24) is 5.32 Å². The van der Waals surface area contributed by atoms with E-state index < -0.39 is 24.1 Å². The third-order valence-electron chi connectivity index (χ3n) is 2.92. The fraction of sp³-hybridized carbons (Fsp3) is 0.462. The van der Waals surface area contributed by atoms with Gasteiger partial charge in [0, 0.05) is 0 Å². The predicted octanol–water partition coefficient (Wildman–Crippen LogP) is 2.60. The second kappa shape index (κ2) is 6.35. The van der Waals surface area contributed by atoms with Crippen LogP contribution in [0, 0.1) is 12.7 Å². The van der Waals surface area contributed by atoms with Gasteiger partial charge in [-0.05, 0) is 30.5 Å². The maximum absolute atomic E-state index is 13.4. The highest BCUT2D eigenvalue weighted by Crippen LogP contribution is 2.24. The van der Waals surface area contributed by atoms with E-state index in [1.807, 2.05) is 6.92 Å². The molecule has 0 aliphatic heterocycles. The quantitative estimate of drug-likeness (QED) is 0.757. The van der Waals surface area contributed by atoms with Gasteiger partial charge in [0.2, 0.25) is 0 Å². The van der Waals surface area contributed by atoms with Crippen LogP contribution in [-0.2, 0) is 0 Å². The van der Waals surface area contributed by atoms with E-state index in [0.717, 1.165) is 6.42 Å². The minimum atomic E-state index is -1.19. The Morgan fingerprint density at radius 1 is 1.50 bits per heavy atom. The second-order valence-corrected chi connectivity index (χ2v) is 4.24. The van der Waals surface area contributed by atoms with E-state index in [1.54, 1.807) is 13.0 Å². The molecule has 1 aromatic rings. The fourth-order valence-electron chi connectivity index (χ4n) is 1.94. The standard InChI is InChI=1S/C13H18FNO3/c1-3-5-11(15-13(17)18)12(16)9-6-4-7-10(14)8(9)2/h4,6-7,11-12,15-16H,3,5H2,1-2H3,(H,17,18)/t11-,12+/m1/s1. The van der Waals surface area contributed by atoms with Crippen LogP contribution in [0.4, 0.5) is 9.18 Å². The van der Waals surface area contributed by atoms with Gasteiger partial charge in [-0.1, -0.05) is 25.5 Å². The summed E-state index contributed by atoms with van der Waals surface area (Å²) in [7, 11) is 0. The normalized spacial score (nSPS) is 14.0. The molecule has 100 valence electrons. The van der Waals surface area contributed by atoms with Crippen molar-refractivity contribution in [3.63, 3.8) is 0 Å². The van der Waals surface area contributed by atoms with E-state index in [9.17, 15) is 14.3 Å². The van der Waals surface area contributed by atoms with Gasteiger partial charge in [-0.25, -0.2) is 9.18 Å². The zero-order valence-corrected chi connectivity index (χ0v) is 10.5. The summed E-state index contributed by atoms with van der Waals surface area (Å²) in [5.41, 5.74) is 0.764. The smallest absolute Gasteiger partial charge is 0.404 e. The van der Waals surface area contributed by atoms with Gasteiger partial charge in [-0.15, -0.1) is 0 Å². The number of rotatable bonds is 5. The van der Waals surface area contributed by atoms with Crippen molar-refractivity contribution in [3.05, 3.63) is 35.1 Å². The first kappa shape index (κ1) is 14.4. The van der Waals surface area contributed by atoms with Crippen LogP contribution >= 0.6 is 0 Å². The van der Waals surface area contributed by atoms with Crippen molar-refractivity contribution < 1.29 is 19.4 Å². The number of amides is 1. The number of benzene rings is 1. The number of aliphatic hydroxyl groups is 1. The lowest BCUT2D eigenvalue weighted by Gasteiger charge is -2.24. The summed E-state index contributed by atoms with van der Waals surface area (Å²) in [6.45, 7) is 3.46. The highest BCUT2D eigenvalue weighted by molar-refractivity contribution is 5.65. The summed E-state index contributed by atoms with van der Waals surface area (Å²) in [4.78, 5) is 10.7. The number of aliphatic hydroxyl groups excluding tert-OH is 1. The molecule has 0 fully saturated rings. The molecular formula is C13H18FNO3. The molecule has 0 saturated heterocycles. The SMILES string of the molecule is CCC[C@@H](NC(=O)O)[C@@H](O)c1cccc(F)c1C. The Kier molecular flexibility index (Phi) is 5.09. The largest absolute Gasteiger partial charge is 0.465 e. The predicted molar refractivity (Wildman–Crippen MR) is 66.0 cm³/mol. The number of halogens is 1. The number of hydrogen-bond acceptors (Lipinski definition) is 2. The summed E-state index contributed by atoms with van der Waals surface area (Å²) in [6.07, 6.45) is -1.03. The topological polar surface area (TPSA) is 69.6 Å².